The van der Waals surface area contributed by atoms with Gasteiger partial charge in [0.2, 0.25) is 14.4 Å². The Morgan fingerprint density at radius 1 is 1.02 bits per heavy atom. The Hall–Kier alpha value is -3.38. The van der Waals surface area contributed by atoms with Crippen LogP contribution in [-0.4, -0.2) is 95.2 Å². The van der Waals surface area contributed by atoms with E-state index >= 15 is 0 Å². The van der Waals surface area contributed by atoms with Crippen molar-refractivity contribution in [3.05, 3.63) is 66.7 Å². The second-order valence-electron chi connectivity index (χ2n) is 13.6. The summed E-state index contributed by atoms with van der Waals surface area (Å²) in [6.45, 7) is 18.8. The molecule has 2 amide bonds. The lowest BCUT2D eigenvalue weighted by Crippen LogP contribution is -2.60. The summed E-state index contributed by atoms with van der Waals surface area (Å²) in [7, 11) is -0.809. The van der Waals surface area contributed by atoms with Crippen molar-refractivity contribution >= 4 is 26.0 Å². The molecule has 10 nitrogen and oxygen atoms in total. The fraction of sp³-hybridized carbons (Fsp3) is 0.568. The molecule has 0 spiro atoms. The number of anilines is 1. The number of nitrogens with zero attached hydrogens (tertiary/aromatic N) is 2. The highest BCUT2D eigenvalue weighted by Crippen LogP contribution is 2.46. The lowest BCUT2D eigenvalue weighted by Gasteiger charge is -2.50. The first-order valence-corrected chi connectivity index (χ1v) is 19.2. The third kappa shape index (κ3) is 8.24. The number of carbonyl (C=O) groups is 2. The monoisotopic (exact) mass is 682 g/mol. The maximum atomic E-state index is 13.8. The molecule has 1 fully saturated rings. The number of methoxy groups -OCH3 is 1. The summed E-state index contributed by atoms with van der Waals surface area (Å²) >= 11 is 0. The van der Waals surface area contributed by atoms with Crippen LogP contribution in [0, 0.1) is 0 Å². The van der Waals surface area contributed by atoms with Gasteiger partial charge in [-0.3, -0.25) is 4.79 Å². The summed E-state index contributed by atoms with van der Waals surface area (Å²) in [5, 5.41) is 10.3. The number of ether oxygens (including phenoxy) is 4. The Kier molecular flexibility index (Phi) is 13.1. The summed E-state index contributed by atoms with van der Waals surface area (Å²) in [5.41, 5.74) is 2.56. The molecule has 11 heteroatoms. The molecule has 4 rings (SSSR count). The zero-order valence-corrected chi connectivity index (χ0v) is 30.6. The number of fused-ring (bicyclic) bond motifs is 1. The van der Waals surface area contributed by atoms with Gasteiger partial charge in [-0.2, -0.15) is 0 Å². The Bertz CT molecular complexity index is 1350. The van der Waals surface area contributed by atoms with E-state index in [4.69, 9.17) is 23.4 Å². The minimum Gasteiger partial charge on any atom is -0.490 e. The van der Waals surface area contributed by atoms with Crippen LogP contribution in [0.25, 0.3) is 0 Å². The molecule has 264 valence electrons. The van der Waals surface area contributed by atoms with E-state index in [9.17, 15) is 14.7 Å². The molecule has 48 heavy (non-hydrogen) atoms. The molecular formula is C37H54N2O8Si. The maximum Gasteiger partial charge on any atom is 0.407 e. The Morgan fingerprint density at radius 2 is 1.67 bits per heavy atom. The lowest BCUT2D eigenvalue weighted by molar-refractivity contribution is -0.133. The largest absolute Gasteiger partial charge is 0.490 e. The molecule has 1 saturated heterocycles. The Morgan fingerprint density at radius 3 is 2.27 bits per heavy atom. The minimum absolute atomic E-state index is 0.0447. The Labute approximate surface area is 287 Å². The van der Waals surface area contributed by atoms with Crippen molar-refractivity contribution in [3.63, 3.8) is 0 Å². The molecule has 0 saturated carbocycles. The number of hydrogen-bond donors (Lipinski definition) is 1. The van der Waals surface area contributed by atoms with Crippen molar-refractivity contribution in [1.82, 2.24) is 4.90 Å². The third-order valence-electron chi connectivity index (χ3n) is 9.73. The molecule has 4 unspecified atom stereocenters. The first-order valence-electron chi connectivity index (χ1n) is 17.1. The summed E-state index contributed by atoms with van der Waals surface area (Å²) in [6, 6.07) is 15.3. The van der Waals surface area contributed by atoms with Crippen molar-refractivity contribution in [3.8, 4) is 11.5 Å². The number of piperidine rings is 1. The maximum absolute atomic E-state index is 13.8. The zero-order valence-electron chi connectivity index (χ0n) is 29.6. The molecule has 2 heterocycles. The van der Waals surface area contributed by atoms with Gasteiger partial charge in [0.25, 0.3) is 5.91 Å². The number of carbonyl (C=O) groups excluding carboxylic acids is 1. The molecule has 2 aromatic rings. The summed E-state index contributed by atoms with van der Waals surface area (Å²) in [6.07, 6.45) is -0.628. The van der Waals surface area contributed by atoms with E-state index in [0.717, 1.165) is 5.56 Å². The molecule has 0 aromatic heterocycles. The average molecular weight is 683 g/mol. The normalized spacial score (nSPS) is 21.4. The summed E-state index contributed by atoms with van der Waals surface area (Å²) in [5.74, 6) is 0.809. The predicted molar refractivity (Wildman–Crippen MR) is 190 cm³/mol. The van der Waals surface area contributed by atoms with Gasteiger partial charge in [0, 0.05) is 32.7 Å². The van der Waals surface area contributed by atoms with E-state index in [1.165, 1.54) is 4.90 Å². The van der Waals surface area contributed by atoms with Crippen molar-refractivity contribution in [2.45, 2.75) is 88.8 Å². The second-order valence-corrected chi connectivity index (χ2v) is 19.0. The van der Waals surface area contributed by atoms with E-state index < -0.39 is 32.7 Å². The van der Waals surface area contributed by atoms with Gasteiger partial charge in [0.1, 0.15) is 18.1 Å². The van der Waals surface area contributed by atoms with Crippen molar-refractivity contribution in [2.24, 2.45) is 0 Å². The molecule has 0 bridgehead atoms. The van der Waals surface area contributed by atoms with Gasteiger partial charge in [-0.15, -0.1) is 0 Å². The van der Waals surface area contributed by atoms with Crippen LogP contribution < -0.4 is 14.4 Å². The fourth-order valence-corrected chi connectivity index (χ4v) is 13.2. The average Bonchev–Trinajstić information content (AvgIpc) is 3.06. The van der Waals surface area contributed by atoms with E-state index in [1.807, 2.05) is 48.5 Å². The van der Waals surface area contributed by atoms with Crippen LogP contribution in [-0.2, 0) is 18.7 Å². The standard InChI is InChI=1S/C37H54N2O8Si/c1-9-20-44-29-17-15-28(16-18-29)35-32(22-38(37(41)42)23-33(35)47-48(25(2)3,26(4)5)27(6)7)45-24-34-36(40)39(19-12-21-43-8)30-13-10-11-14-31(30)46-34/h9-11,13-18,25-27,32-35H,1,12,19-24H2,2-8H3,(H,41,42). The molecular weight excluding hydrogens is 628 g/mol. The minimum atomic E-state index is -2.45. The van der Waals surface area contributed by atoms with Crippen LogP contribution >= 0.6 is 0 Å². The molecule has 2 aliphatic heterocycles. The summed E-state index contributed by atoms with van der Waals surface area (Å²) in [4.78, 5) is 29.5. The first kappa shape index (κ1) is 37.4. The highest BCUT2D eigenvalue weighted by atomic mass is 28.4. The van der Waals surface area contributed by atoms with E-state index in [0.29, 0.717) is 60.0 Å². The van der Waals surface area contributed by atoms with Crippen LogP contribution in [0.1, 0.15) is 59.4 Å². The van der Waals surface area contributed by atoms with Crippen LogP contribution in [0.4, 0.5) is 10.5 Å². The highest BCUT2D eigenvalue weighted by Gasteiger charge is 2.51. The van der Waals surface area contributed by atoms with Gasteiger partial charge < -0.3 is 38.3 Å². The van der Waals surface area contributed by atoms with E-state index in [1.54, 1.807) is 18.1 Å². The zero-order chi connectivity index (χ0) is 35.0. The molecule has 1 N–H and O–H groups in total. The van der Waals surface area contributed by atoms with Gasteiger partial charge in [0.05, 0.1) is 31.0 Å². The molecule has 0 aliphatic carbocycles. The number of benzene rings is 2. The van der Waals surface area contributed by atoms with Crippen LogP contribution in [0.3, 0.4) is 0 Å². The Balaban J connectivity index is 1.70. The van der Waals surface area contributed by atoms with Gasteiger partial charge >= 0.3 is 6.09 Å². The number of amides is 2. The molecule has 2 aromatic carbocycles. The smallest absolute Gasteiger partial charge is 0.407 e. The van der Waals surface area contributed by atoms with E-state index in [-0.39, 0.29) is 31.5 Å². The lowest BCUT2D eigenvalue weighted by atomic mass is 9.84. The van der Waals surface area contributed by atoms with Crippen molar-refractivity contribution in [2.75, 3.05) is 51.5 Å². The van der Waals surface area contributed by atoms with Crippen LogP contribution in [0.2, 0.25) is 16.6 Å². The molecule has 4 atom stereocenters. The van der Waals surface area contributed by atoms with Gasteiger partial charge in [-0.25, -0.2) is 4.79 Å². The quantitative estimate of drug-likeness (QED) is 0.114. The predicted octanol–water partition coefficient (Wildman–Crippen LogP) is 7.11. The van der Waals surface area contributed by atoms with Gasteiger partial charge in [-0.05, 0) is 52.9 Å². The van der Waals surface area contributed by atoms with Crippen LogP contribution in [0.5, 0.6) is 11.5 Å². The van der Waals surface area contributed by atoms with Crippen LogP contribution in [0.15, 0.2) is 61.2 Å². The van der Waals surface area contributed by atoms with E-state index in [2.05, 4.69) is 48.1 Å². The number of likely N-dealkylation sites (tertiary alicyclic amines) is 1. The van der Waals surface area contributed by atoms with Gasteiger partial charge in [-0.1, -0.05) is 78.5 Å². The number of carboxylic acid groups (broad SMARTS) is 1. The van der Waals surface area contributed by atoms with Gasteiger partial charge in [0.15, 0.2) is 0 Å². The topological polar surface area (TPSA) is 107 Å². The molecule has 2 aliphatic rings. The highest BCUT2D eigenvalue weighted by molar-refractivity contribution is 6.77. The second kappa shape index (κ2) is 16.8. The number of rotatable bonds is 16. The SMILES string of the molecule is C=CCOc1ccc(C2C(OCC3Oc4ccccc4N(CCCOC)C3=O)CN(C(=O)O)CC2O[Si](C(C)C)(C(C)C)C(C)C)cc1. The van der Waals surface area contributed by atoms with Crippen molar-refractivity contribution < 1.29 is 38.1 Å². The summed E-state index contributed by atoms with van der Waals surface area (Å²) < 4.78 is 31.2. The fourth-order valence-electron chi connectivity index (χ4n) is 7.63. The first-order chi connectivity index (χ1) is 22.9. The third-order valence-corrected chi connectivity index (χ3v) is 15.9. The number of hydrogen-bond acceptors (Lipinski definition) is 7. The number of para-hydroxylation sites is 2. The molecule has 0 radical (unpaired) electrons. The van der Waals surface area contributed by atoms with Crippen molar-refractivity contribution in [1.29, 1.82) is 0 Å².